The normalized spacial score (nSPS) is 17.1. The topological polar surface area (TPSA) is 64.3 Å². The average molecular weight is 302 g/mol. The number of hydrogen-bond donors (Lipinski definition) is 2. The second-order valence-electron chi connectivity index (χ2n) is 5.19. The lowest BCUT2D eigenvalue weighted by Crippen LogP contribution is -2.24. The number of benzene rings is 1. The Balaban J connectivity index is 1.79. The van der Waals surface area contributed by atoms with Gasteiger partial charge >= 0.3 is 0 Å². The van der Waals surface area contributed by atoms with E-state index in [9.17, 15) is 4.79 Å². The number of fused-ring (bicyclic) bond motifs is 1. The maximum atomic E-state index is 12.5. The van der Waals surface area contributed by atoms with E-state index in [0.29, 0.717) is 17.1 Å². The van der Waals surface area contributed by atoms with Gasteiger partial charge < -0.3 is 15.8 Å². The number of ether oxygens (including phenoxy) is 1. The highest BCUT2D eigenvalue weighted by atomic mass is 32.1. The molecule has 5 heteroatoms. The number of carbonyl (C=O) groups is 1. The van der Waals surface area contributed by atoms with Crippen LogP contribution in [0, 0.1) is 0 Å². The number of thiophene rings is 1. The number of rotatable bonds is 3. The van der Waals surface area contributed by atoms with Gasteiger partial charge in [0, 0.05) is 10.9 Å². The first-order valence-electron chi connectivity index (χ1n) is 6.99. The number of anilines is 2. The molecule has 0 saturated heterocycles. The Labute approximate surface area is 127 Å². The fourth-order valence-electron chi connectivity index (χ4n) is 2.76. The number of nitrogens with one attached hydrogen (secondary N) is 1. The number of methoxy groups -OCH3 is 1. The first-order valence-corrected chi connectivity index (χ1v) is 7.87. The van der Waals surface area contributed by atoms with E-state index < -0.39 is 0 Å². The van der Waals surface area contributed by atoms with Crippen LogP contribution in [0.5, 0.6) is 5.75 Å². The maximum absolute atomic E-state index is 12.5. The molecular weight excluding hydrogens is 284 g/mol. The molecule has 2 aromatic rings. The van der Waals surface area contributed by atoms with Crippen LogP contribution in [0.4, 0.5) is 11.4 Å². The van der Waals surface area contributed by atoms with Crippen LogP contribution in [-0.4, -0.2) is 13.0 Å². The van der Waals surface area contributed by atoms with E-state index in [4.69, 9.17) is 10.5 Å². The SMILES string of the molecule is COc1ccc(NC(=O)C2CCCc3sccc32)c(N)c1. The van der Waals surface area contributed by atoms with Crippen LogP contribution in [0.15, 0.2) is 29.6 Å². The van der Waals surface area contributed by atoms with Crippen molar-refractivity contribution in [2.45, 2.75) is 25.2 Å². The summed E-state index contributed by atoms with van der Waals surface area (Å²) < 4.78 is 5.12. The fourth-order valence-corrected chi connectivity index (χ4v) is 3.75. The minimum Gasteiger partial charge on any atom is -0.497 e. The summed E-state index contributed by atoms with van der Waals surface area (Å²) in [6.07, 6.45) is 3.04. The molecule has 3 N–H and O–H groups in total. The van der Waals surface area contributed by atoms with Crippen molar-refractivity contribution < 1.29 is 9.53 Å². The second kappa shape index (κ2) is 5.77. The third-order valence-electron chi connectivity index (χ3n) is 3.89. The first-order chi connectivity index (χ1) is 10.2. The molecule has 1 unspecified atom stereocenters. The Hall–Kier alpha value is -2.01. The molecule has 1 aliphatic carbocycles. The van der Waals surface area contributed by atoms with Gasteiger partial charge in [-0.2, -0.15) is 0 Å². The molecule has 1 aromatic carbocycles. The molecule has 21 heavy (non-hydrogen) atoms. The lowest BCUT2D eigenvalue weighted by Gasteiger charge is -2.22. The predicted molar refractivity (Wildman–Crippen MR) is 86.0 cm³/mol. The first kappa shape index (κ1) is 13.9. The summed E-state index contributed by atoms with van der Waals surface area (Å²) >= 11 is 1.74. The van der Waals surface area contributed by atoms with Crippen LogP contribution in [0.3, 0.4) is 0 Å². The third-order valence-corrected chi connectivity index (χ3v) is 4.88. The lowest BCUT2D eigenvalue weighted by atomic mass is 9.87. The highest BCUT2D eigenvalue weighted by Crippen LogP contribution is 2.36. The molecule has 0 aliphatic heterocycles. The summed E-state index contributed by atoms with van der Waals surface area (Å²) in [7, 11) is 1.59. The average Bonchev–Trinajstić information content (AvgIpc) is 2.97. The maximum Gasteiger partial charge on any atom is 0.232 e. The van der Waals surface area contributed by atoms with Gasteiger partial charge in [0.2, 0.25) is 5.91 Å². The van der Waals surface area contributed by atoms with Gasteiger partial charge in [-0.15, -0.1) is 11.3 Å². The summed E-state index contributed by atoms with van der Waals surface area (Å²) in [5, 5.41) is 5.01. The van der Waals surface area contributed by atoms with E-state index in [1.165, 1.54) is 10.4 Å². The van der Waals surface area contributed by atoms with Crippen LogP contribution in [0.1, 0.15) is 29.2 Å². The molecule has 4 nitrogen and oxygen atoms in total. The lowest BCUT2D eigenvalue weighted by molar-refractivity contribution is -0.117. The van der Waals surface area contributed by atoms with Crippen LogP contribution >= 0.6 is 11.3 Å². The summed E-state index contributed by atoms with van der Waals surface area (Å²) in [5.74, 6) is 0.635. The van der Waals surface area contributed by atoms with Crippen molar-refractivity contribution in [1.82, 2.24) is 0 Å². The monoisotopic (exact) mass is 302 g/mol. The zero-order valence-electron chi connectivity index (χ0n) is 11.9. The predicted octanol–water partition coefficient (Wildman–Crippen LogP) is 3.40. The summed E-state index contributed by atoms with van der Waals surface area (Å²) in [6, 6.07) is 7.36. The van der Waals surface area contributed by atoms with Crippen molar-refractivity contribution in [3.05, 3.63) is 40.1 Å². The van der Waals surface area contributed by atoms with Crippen molar-refractivity contribution >= 4 is 28.6 Å². The van der Waals surface area contributed by atoms with Crippen LogP contribution in [-0.2, 0) is 11.2 Å². The largest absolute Gasteiger partial charge is 0.497 e. The summed E-state index contributed by atoms with van der Waals surface area (Å²) in [6.45, 7) is 0. The molecule has 110 valence electrons. The fraction of sp³-hybridized carbons (Fsp3) is 0.312. The van der Waals surface area contributed by atoms with Gasteiger partial charge in [-0.1, -0.05) is 0 Å². The molecule has 0 fully saturated rings. The number of hydrogen-bond acceptors (Lipinski definition) is 4. The van der Waals surface area contributed by atoms with Crippen LogP contribution in [0.25, 0.3) is 0 Å². The standard InChI is InChI=1S/C16H18N2O2S/c1-20-10-5-6-14(13(17)9-10)18-16(19)12-3-2-4-15-11(12)7-8-21-15/h5-9,12H,2-4,17H2,1H3,(H,18,19). The molecule has 0 saturated carbocycles. The smallest absolute Gasteiger partial charge is 0.232 e. The van der Waals surface area contributed by atoms with Crippen LogP contribution in [0.2, 0.25) is 0 Å². The van der Waals surface area contributed by atoms with Gasteiger partial charge in [0.15, 0.2) is 0 Å². The van der Waals surface area contributed by atoms with Gasteiger partial charge in [0.05, 0.1) is 24.4 Å². The van der Waals surface area contributed by atoms with E-state index in [1.54, 1.807) is 36.6 Å². The van der Waals surface area contributed by atoms with Crippen molar-refractivity contribution in [1.29, 1.82) is 0 Å². The molecule has 1 aliphatic rings. The zero-order valence-corrected chi connectivity index (χ0v) is 12.7. The molecular formula is C16H18N2O2S. The van der Waals surface area contributed by atoms with E-state index in [0.717, 1.165) is 19.3 Å². The van der Waals surface area contributed by atoms with E-state index in [1.807, 2.05) is 0 Å². The Kier molecular flexibility index (Phi) is 3.84. The van der Waals surface area contributed by atoms with E-state index >= 15 is 0 Å². The number of amides is 1. The van der Waals surface area contributed by atoms with Crippen LogP contribution < -0.4 is 15.8 Å². The molecule has 0 bridgehead atoms. The highest BCUT2D eigenvalue weighted by Gasteiger charge is 2.27. The minimum absolute atomic E-state index is 0.0196. The van der Waals surface area contributed by atoms with Gasteiger partial charge in [0.1, 0.15) is 5.75 Å². The molecule has 1 atom stereocenters. The van der Waals surface area contributed by atoms with Crippen molar-refractivity contribution in [3.8, 4) is 5.75 Å². The zero-order chi connectivity index (χ0) is 14.8. The quantitative estimate of drug-likeness (QED) is 0.854. The van der Waals surface area contributed by atoms with Crippen molar-refractivity contribution in [2.75, 3.05) is 18.2 Å². The number of nitrogens with two attached hydrogens (primary N) is 1. The van der Waals surface area contributed by atoms with Gasteiger partial charge in [-0.25, -0.2) is 0 Å². The van der Waals surface area contributed by atoms with E-state index in [-0.39, 0.29) is 11.8 Å². The Bertz CT molecular complexity index is 666. The summed E-state index contributed by atoms with van der Waals surface area (Å²) in [5.41, 5.74) is 8.29. The second-order valence-corrected chi connectivity index (χ2v) is 6.19. The molecule has 0 radical (unpaired) electrons. The van der Waals surface area contributed by atoms with Crippen molar-refractivity contribution in [2.24, 2.45) is 0 Å². The molecule has 3 rings (SSSR count). The van der Waals surface area contributed by atoms with Gasteiger partial charge in [-0.05, 0) is 48.4 Å². The van der Waals surface area contributed by atoms with Gasteiger partial charge in [0.25, 0.3) is 0 Å². The molecule has 1 heterocycles. The molecule has 1 amide bonds. The van der Waals surface area contributed by atoms with Crippen molar-refractivity contribution in [3.63, 3.8) is 0 Å². The number of nitrogen functional groups attached to an aromatic ring is 1. The Morgan fingerprint density at radius 2 is 2.29 bits per heavy atom. The number of carbonyl (C=O) groups excluding carboxylic acids is 1. The number of aryl methyl sites for hydroxylation is 1. The van der Waals surface area contributed by atoms with Gasteiger partial charge in [-0.3, -0.25) is 4.79 Å². The third kappa shape index (κ3) is 2.74. The Morgan fingerprint density at radius 3 is 3.05 bits per heavy atom. The summed E-state index contributed by atoms with van der Waals surface area (Å²) in [4.78, 5) is 13.9. The minimum atomic E-state index is -0.0681. The Morgan fingerprint density at radius 1 is 1.43 bits per heavy atom. The van der Waals surface area contributed by atoms with E-state index in [2.05, 4.69) is 16.8 Å². The molecule has 1 aromatic heterocycles. The molecule has 0 spiro atoms. The highest BCUT2D eigenvalue weighted by molar-refractivity contribution is 7.10.